The van der Waals surface area contributed by atoms with Crippen molar-refractivity contribution in [3.63, 3.8) is 0 Å². The second-order valence-electron chi connectivity index (χ2n) is 5.54. The van der Waals surface area contributed by atoms with E-state index in [4.69, 9.17) is 9.47 Å². The zero-order valence-corrected chi connectivity index (χ0v) is 10.9. The maximum Gasteiger partial charge on any atom is 0.387 e. The van der Waals surface area contributed by atoms with Gasteiger partial charge in [-0.25, -0.2) is 0 Å². The summed E-state index contributed by atoms with van der Waals surface area (Å²) in [6.07, 6.45) is 0.968. The maximum absolute atomic E-state index is 12.2. The number of hydrogen-bond donors (Lipinski definition) is 0. The lowest BCUT2D eigenvalue weighted by Gasteiger charge is -2.39. The van der Waals surface area contributed by atoms with Gasteiger partial charge < -0.3 is 14.2 Å². The number of fused-ring (bicyclic) bond motifs is 1. The van der Waals surface area contributed by atoms with E-state index in [0.29, 0.717) is 0 Å². The van der Waals surface area contributed by atoms with E-state index in [0.717, 1.165) is 24.3 Å². The minimum absolute atomic E-state index is 0.174. The van der Waals surface area contributed by atoms with Crippen LogP contribution in [0.25, 0.3) is 0 Å². The highest BCUT2D eigenvalue weighted by molar-refractivity contribution is 5.43. The fourth-order valence-corrected chi connectivity index (χ4v) is 2.70. The Hall–Kier alpha value is -1.36. The van der Waals surface area contributed by atoms with Gasteiger partial charge in [-0.1, -0.05) is 0 Å². The van der Waals surface area contributed by atoms with Crippen molar-refractivity contribution in [2.75, 3.05) is 6.61 Å². The van der Waals surface area contributed by atoms with Crippen molar-refractivity contribution < 1.29 is 23.0 Å². The third-order valence-corrected chi connectivity index (χ3v) is 3.77. The van der Waals surface area contributed by atoms with Crippen molar-refractivity contribution in [2.45, 2.75) is 38.6 Å². The topological polar surface area (TPSA) is 31.0 Å². The predicted octanol–water partition coefficient (Wildman–Crippen LogP) is 3.02. The van der Waals surface area contributed by atoms with Crippen LogP contribution in [-0.4, -0.2) is 24.9 Å². The molecule has 0 amide bonds. The van der Waals surface area contributed by atoms with Crippen LogP contribution in [0.4, 0.5) is 8.78 Å². The van der Waals surface area contributed by atoms with Crippen molar-refractivity contribution in [3.05, 3.63) is 23.8 Å². The average molecular weight is 270 g/mol. The van der Waals surface area contributed by atoms with Crippen LogP contribution in [-0.2, 0) is 11.2 Å². The number of benzene rings is 1. The minimum atomic E-state index is -2.80. The van der Waals surface area contributed by atoms with E-state index in [-0.39, 0.29) is 23.4 Å². The highest BCUT2D eigenvalue weighted by Crippen LogP contribution is 2.43. The van der Waals surface area contributed by atoms with E-state index in [1.807, 2.05) is 13.8 Å². The Morgan fingerprint density at radius 2 is 2.11 bits per heavy atom. The molecule has 0 saturated carbocycles. The molecule has 104 valence electrons. The summed E-state index contributed by atoms with van der Waals surface area (Å²) >= 11 is 0. The molecule has 1 saturated heterocycles. The number of alkyl halides is 2. The van der Waals surface area contributed by atoms with Gasteiger partial charge in [0.15, 0.2) is 0 Å². The molecule has 19 heavy (non-hydrogen) atoms. The average Bonchev–Trinajstić information content (AvgIpc) is 3.11. The van der Waals surface area contributed by atoms with Gasteiger partial charge in [0.25, 0.3) is 0 Å². The van der Waals surface area contributed by atoms with Crippen molar-refractivity contribution >= 4 is 0 Å². The summed E-state index contributed by atoms with van der Waals surface area (Å²) in [6, 6.07) is 4.83. The molecule has 2 aliphatic rings. The molecule has 2 aliphatic heterocycles. The molecule has 1 fully saturated rings. The molecule has 2 unspecified atom stereocenters. The lowest BCUT2D eigenvalue weighted by Crippen LogP contribution is -2.44. The fraction of sp³-hybridized carbons (Fsp3) is 0.571. The van der Waals surface area contributed by atoms with Crippen molar-refractivity contribution in [2.24, 2.45) is 5.92 Å². The lowest BCUT2D eigenvalue weighted by molar-refractivity contribution is -0.0502. The number of epoxide rings is 1. The van der Waals surface area contributed by atoms with E-state index >= 15 is 0 Å². The number of ether oxygens (including phenoxy) is 3. The molecule has 2 heterocycles. The second kappa shape index (κ2) is 4.34. The molecular weight excluding hydrogens is 254 g/mol. The highest BCUT2D eigenvalue weighted by Gasteiger charge is 2.46. The van der Waals surface area contributed by atoms with Crippen LogP contribution in [0.15, 0.2) is 18.2 Å². The first-order chi connectivity index (χ1) is 8.95. The summed E-state index contributed by atoms with van der Waals surface area (Å²) in [4.78, 5) is 0. The Morgan fingerprint density at radius 3 is 2.74 bits per heavy atom. The molecular formula is C14H16F2O3. The van der Waals surface area contributed by atoms with Crippen molar-refractivity contribution in [3.8, 4) is 11.5 Å². The molecule has 0 N–H and O–H groups in total. The van der Waals surface area contributed by atoms with Crippen LogP contribution < -0.4 is 9.47 Å². The van der Waals surface area contributed by atoms with Gasteiger partial charge in [-0.05, 0) is 44.0 Å². The van der Waals surface area contributed by atoms with Crippen LogP contribution in [0, 0.1) is 5.92 Å². The monoisotopic (exact) mass is 270 g/mol. The van der Waals surface area contributed by atoms with Crippen molar-refractivity contribution in [1.82, 2.24) is 0 Å². The first-order valence-corrected chi connectivity index (χ1v) is 6.34. The van der Waals surface area contributed by atoms with Crippen LogP contribution >= 0.6 is 0 Å². The number of rotatable bonds is 3. The van der Waals surface area contributed by atoms with Gasteiger partial charge in [0.05, 0.1) is 12.7 Å². The molecule has 2 atom stereocenters. The lowest BCUT2D eigenvalue weighted by atomic mass is 9.80. The van der Waals surface area contributed by atoms with Crippen LogP contribution in [0.2, 0.25) is 0 Å². The molecule has 0 aliphatic carbocycles. The van der Waals surface area contributed by atoms with Crippen molar-refractivity contribution in [1.29, 1.82) is 0 Å². The Kier molecular flexibility index (Phi) is 2.89. The third-order valence-electron chi connectivity index (χ3n) is 3.77. The molecule has 0 aromatic heterocycles. The van der Waals surface area contributed by atoms with E-state index in [2.05, 4.69) is 4.74 Å². The van der Waals surface area contributed by atoms with Crippen LogP contribution in [0.5, 0.6) is 11.5 Å². The Balaban J connectivity index is 1.87. The summed E-state index contributed by atoms with van der Waals surface area (Å²) in [5.74, 6) is 1.15. The molecule has 0 radical (unpaired) electrons. The van der Waals surface area contributed by atoms with Gasteiger partial charge in [-0.3, -0.25) is 0 Å². The molecule has 0 spiro atoms. The van der Waals surface area contributed by atoms with Crippen LogP contribution in [0.3, 0.4) is 0 Å². The van der Waals surface area contributed by atoms with Gasteiger partial charge in [-0.15, -0.1) is 0 Å². The van der Waals surface area contributed by atoms with Gasteiger partial charge >= 0.3 is 6.61 Å². The number of halogens is 2. The summed E-state index contributed by atoms with van der Waals surface area (Å²) in [5, 5.41) is 0. The first-order valence-electron chi connectivity index (χ1n) is 6.34. The number of hydrogen-bond acceptors (Lipinski definition) is 3. The van der Waals surface area contributed by atoms with Gasteiger partial charge in [0.1, 0.15) is 17.1 Å². The predicted molar refractivity (Wildman–Crippen MR) is 64.7 cm³/mol. The van der Waals surface area contributed by atoms with Crippen LogP contribution in [0.1, 0.15) is 19.4 Å². The zero-order valence-electron chi connectivity index (χ0n) is 10.9. The van der Waals surface area contributed by atoms with E-state index in [1.165, 1.54) is 6.07 Å². The standard InChI is InChI=1S/C14H16F2O3/c1-14(2)10(12-7-17-12)6-8-5-9(18-13(15)16)3-4-11(8)19-14/h3-5,10,12-13H,6-7H2,1-2H3. The van der Waals surface area contributed by atoms with E-state index < -0.39 is 6.61 Å². The Morgan fingerprint density at radius 1 is 1.37 bits per heavy atom. The normalized spacial score (nSPS) is 27.6. The molecule has 1 aromatic carbocycles. The molecule has 1 aromatic rings. The highest BCUT2D eigenvalue weighted by atomic mass is 19.3. The van der Waals surface area contributed by atoms with E-state index in [9.17, 15) is 8.78 Å². The molecule has 3 rings (SSSR count). The Labute approximate surface area is 110 Å². The summed E-state index contributed by atoms with van der Waals surface area (Å²) in [6.45, 7) is 2.01. The molecule has 3 nitrogen and oxygen atoms in total. The minimum Gasteiger partial charge on any atom is -0.487 e. The fourth-order valence-electron chi connectivity index (χ4n) is 2.70. The van der Waals surface area contributed by atoms with Gasteiger partial charge in [0, 0.05) is 5.92 Å². The molecule has 0 bridgehead atoms. The second-order valence-corrected chi connectivity index (χ2v) is 5.54. The Bertz CT molecular complexity index is 484. The quantitative estimate of drug-likeness (QED) is 0.791. The third kappa shape index (κ3) is 2.52. The SMILES string of the molecule is CC1(C)Oc2ccc(OC(F)F)cc2CC1C1CO1. The van der Waals surface area contributed by atoms with Gasteiger partial charge in [-0.2, -0.15) is 8.78 Å². The summed E-state index contributed by atoms with van der Waals surface area (Å²) in [7, 11) is 0. The summed E-state index contributed by atoms with van der Waals surface area (Å²) < 4.78 is 40.2. The van der Waals surface area contributed by atoms with E-state index in [1.54, 1.807) is 12.1 Å². The molecule has 5 heteroatoms. The zero-order chi connectivity index (χ0) is 13.6. The first kappa shape index (κ1) is 12.7. The smallest absolute Gasteiger partial charge is 0.387 e. The maximum atomic E-state index is 12.2. The van der Waals surface area contributed by atoms with Gasteiger partial charge in [0.2, 0.25) is 0 Å². The summed E-state index contributed by atoms with van der Waals surface area (Å²) in [5.41, 5.74) is 0.595. The largest absolute Gasteiger partial charge is 0.487 e.